The molecule has 0 heterocycles. The number of hydrogen-bond donors (Lipinski definition) is 2. The molecule has 0 aromatic heterocycles. The van der Waals surface area contributed by atoms with Crippen molar-refractivity contribution in [3.05, 3.63) is 22.7 Å². The molecule has 0 aliphatic heterocycles. The van der Waals surface area contributed by atoms with E-state index in [1.807, 2.05) is 13.2 Å². The third-order valence-electron chi connectivity index (χ3n) is 2.34. The minimum atomic E-state index is -3.55. The number of aryl methyl sites for hydroxylation is 1. The summed E-state index contributed by atoms with van der Waals surface area (Å²) in [5.74, 6) is 0.710. The Kier molecular flexibility index (Phi) is 5.33. The lowest BCUT2D eigenvalue weighted by Crippen LogP contribution is -2.34. The van der Waals surface area contributed by atoms with Crippen molar-refractivity contribution in [2.24, 2.45) is 0 Å². The van der Waals surface area contributed by atoms with Gasteiger partial charge in [0.25, 0.3) is 0 Å². The summed E-state index contributed by atoms with van der Waals surface area (Å²) in [6.07, 6.45) is 1.93. The van der Waals surface area contributed by atoms with Gasteiger partial charge in [0.15, 0.2) is 0 Å². The maximum absolute atomic E-state index is 12.1. The summed E-state index contributed by atoms with van der Waals surface area (Å²) in [6.45, 7) is 3.54. The molecule has 0 aliphatic carbocycles. The van der Waals surface area contributed by atoms with Crippen LogP contribution in [0.2, 0.25) is 5.02 Å². The molecule has 1 aromatic rings. The second kappa shape index (κ2) is 6.14. The van der Waals surface area contributed by atoms with Crippen LogP contribution >= 0.6 is 23.4 Å². The monoisotopic (exact) mass is 308 g/mol. The number of nitrogens with one attached hydrogen (secondary N) is 1. The van der Waals surface area contributed by atoms with E-state index < -0.39 is 10.0 Å². The van der Waals surface area contributed by atoms with E-state index in [1.165, 1.54) is 12.1 Å². The van der Waals surface area contributed by atoms with Gasteiger partial charge in [-0.05, 0) is 37.8 Å². The van der Waals surface area contributed by atoms with Gasteiger partial charge in [0.1, 0.15) is 0 Å². The van der Waals surface area contributed by atoms with E-state index in [-0.39, 0.29) is 16.6 Å². The summed E-state index contributed by atoms with van der Waals surface area (Å²) in [5, 5.41) is 0.395. The maximum atomic E-state index is 12.1. The molecule has 0 spiro atoms. The van der Waals surface area contributed by atoms with Crippen LogP contribution in [-0.2, 0) is 10.0 Å². The highest BCUT2D eigenvalue weighted by molar-refractivity contribution is 7.98. The van der Waals surface area contributed by atoms with Gasteiger partial charge in [0, 0.05) is 11.8 Å². The molecule has 1 rings (SSSR count). The van der Waals surface area contributed by atoms with Crippen LogP contribution in [-0.4, -0.2) is 26.5 Å². The fourth-order valence-corrected chi connectivity index (χ4v) is 3.70. The first kappa shape index (κ1) is 15.6. The smallest absolute Gasteiger partial charge is 0.240 e. The van der Waals surface area contributed by atoms with E-state index in [4.69, 9.17) is 17.3 Å². The molecule has 1 aromatic carbocycles. The Morgan fingerprint density at radius 2 is 2.11 bits per heavy atom. The van der Waals surface area contributed by atoms with E-state index in [1.54, 1.807) is 18.7 Å². The first-order valence-corrected chi connectivity index (χ1v) is 8.60. The Hall–Kier alpha value is -0.430. The molecule has 18 heavy (non-hydrogen) atoms. The topological polar surface area (TPSA) is 72.2 Å². The van der Waals surface area contributed by atoms with Crippen LogP contribution in [0.25, 0.3) is 0 Å². The molecular formula is C11H17ClN2O2S2. The van der Waals surface area contributed by atoms with Crippen molar-refractivity contribution in [1.29, 1.82) is 0 Å². The fraction of sp³-hybridized carbons (Fsp3) is 0.455. The molecule has 0 fully saturated rings. The van der Waals surface area contributed by atoms with Gasteiger partial charge >= 0.3 is 0 Å². The third kappa shape index (κ3) is 3.78. The Bertz CT molecular complexity index is 509. The molecule has 4 nitrogen and oxygen atoms in total. The summed E-state index contributed by atoms with van der Waals surface area (Å²) in [5.41, 5.74) is 6.60. The van der Waals surface area contributed by atoms with Crippen LogP contribution in [0.1, 0.15) is 12.5 Å². The maximum Gasteiger partial charge on any atom is 0.240 e. The lowest BCUT2D eigenvalue weighted by molar-refractivity contribution is 0.571. The van der Waals surface area contributed by atoms with Gasteiger partial charge in [-0.3, -0.25) is 0 Å². The van der Waals surface area contributed by atoms with Crippen molar-refractivity contribution in [2.75, 3.05) is 17.7 Å². The second-order valence-electron chi connectivity index (χ2n) is 4.12. The molecule has 0 radical (unpaired) electrons. The number of rotatable bonds is 5. The van der Waals surface area contributed by atoms with E-state index in [9.17, 15) is 8.42 Å². The normalized spacial score (nSPS) is 13.6. The molecule has 0 bridgehead atoms. The van der Waals surface area contributed by atoms with Gasteiger partial charge < -0.3 is 5.73 Å². The van der Waals surface area contributed by atoms with Crippen LogP contribution in [0.4, 0.5) is 5.69 Å². The zero-order valence-electron chi connectivity index (χ0n) is 10.5. The summed E-state index contributed by atoms with van der Waals surface area (Å²) in [7, 11) is -3.55. The van der Waals surface area contributed by atoms with Crippen molar-refractivity contribution in [1.82, 2.24) is 4.72 Å². The summed E-state index contributed by atoms with van der Waals surface area (Å²) >= 11 is 7.49. The molecule has 0 amide bonds. The SMILES string of the molecule is CSCC(C)NS(=O)(=O)c1cc(C)c(Cl)c(N)c1. The molecule has 1 unspecified atom stereocenters. The Labute approximate surface area is 117 Å². The largest absolute Gasteiger partial charge is 0.397 e. The second-order valence-corrected chi connectivity index (χ2v) is 7.12. The minimum absolute atomic E-state index is 0.137. The molecule has 102 valence electrons. The molecular weight excluding hydrogens is 292 g/mol. The zero-order valence-corrected chi connectivity index (χ0v) is 12.9. The van der Waals surface area contributed by atoms with Gasteiger partial charge in [-0.1, -0.05) is 11.6 Å². The number of nitrogens with two attached hydrogens (primary N) is 1. The number of hydrogen-bond acceptors (Lipinski definition) is 4. The van der Waals surface area contributed by atoms with Crippen molar-refractivity contribution >= 4 is 39.1 Å². The van der Waals surface area contributed by atoms with E-state index in [0.29, 0.717) is 16.3 Å². The average molecular weight is 309 g/mol. The Morgan fingerprint density at radius 3 is 2.61 bits per heavy atom. The first-order valence-electron chi connectivity index (χ1n) is 5.35. The number of anilines is 1. The highest BCUT2D eigenvalue weighted by Crippen LogP contribution is 2.26. The summed E-state index contributed by atoms with van der Waals surface area (Å²) in [6, 6.07) is 2.76. The van der Waals surface area contributed by atoms with Crippen molar-refractivity contribution in [2.45, 2.75) is 24.8 Å². The number of benzene rings is 1. The summed E-state index contributed by atoms with van der Waals surface area (Å²) in [4.78, 5) is 0.148. The van der Waals surface area contributed by atoms with Crippen LogP contribution in [0.15, 0.2) is 17.0 Å². The third-order valence-corrected chi connectivity index (χ3v) is 5.26. The molecule has 0 saturated carbocycles. The van der Waals surface area contributed by atoms with Crippen LogP contribution in [0, 0.1) is 6.92 Å². The number of thioether (sulfide) groups is 1. The van der Waals surface area contributed by atoms with Crippen molar-refractivity contribution in [3.63, 3.8) is 0 Å². The Morgan fingerprint density at radius 1 is 1.50 bits per heavy atom. The predicted molar refractivity (Wildman–Crippen MR) is 78.8 cm³/mol. The quantitative estimate of drug-likeness (QED) is 0.818. The van der Waals surface area contributed by atoms with E-state index >= 15 is 0 Å². The standard InChI is InChI=1S/C11H17ClN2O2S2/c1-7-4-9(5-10(13)11(7)12)18(15,16)14-8(2)6-17-3/h4-5,8,14H,6,13H2,1-3H3. The van der Waals surface area contributed by atoms with Crippen LogP contribution in [0.3, 0.4) is 0 Å². The predicted octanol–water partition coefficient (Wildman–Crippen LogP) is 2.26. The fourth-order valence-electron chi connectivity index (χ4n) is 1.53. The van der Waals surface area contributed by atoms with Crippen LogP contribution in [0.5, 0.6) is 0 Å². The van der Waals surface area contributed by atoms with E-state index in [0.717, 1.165) is 0 Å². The first-order chi connectivity index (χ1) is 8.27. The highest BCUT2D eigenvalue weighted by atomic mass is 35.5. The molecule has 7 heteroatoms. The summed E-state index contributed by atoms with van der Waals surface area (Å²) < 4.78 is 26.8. The highest BCUT2D eigenvalue weighted by Gasteiger charge is 2.19. The minimum Gasteiger partial charge on any atom is -0.397 e. The molecule has 0 aliphatic rings. The molecule has 0 saturated heterocycles. The number of nitrogen functional groups attached to an aromatic ring is 1. The van der Waals surface area contributed by atoms with Crippen molar-refractivity contribution < 1.29 is 8.42 Å². The van der Waals surface area contributed by atoms with Gasteiger partial charge in [0.2, 0.25) is 10.0 Å². The molecule has 1 atom stereocenters. The molecule has 3 N–H and O–H groups in total. The van der Waals surface area contributed by atoms with Gasteiger partial charge in [-0.2, -0.15) is 11.8 Å². The van der Waals surface area contributed by atoms with Gasteiger partial charge in [-0.15, -0.1) is 0 Å². The Balaban J connectivity index is 3.06. The number of halogens is 1. The lowest BCUT2D eigenvalue weighted by Gasteiger charge is -2.14. The van der Waals surface area contributed by atoms with Gasteiger partial charge in [0.05, 0.1) is 15.6 Å². The lowest BCUT2D eigenvalue weighted by atomic mass is 10.2. The van der Waals surface area contributed by atoms with Gasteiger partial charge in [-0.25, -0.2) is 13.1 Å². The average Bonchev–Trinajstić information content (AvgIpc) is 2.24. The van der Waals surface area contributed by atoms with Crippen molar-refractivity contribution in [3.8, 4) is 0 Å². The van der Waals surface area contributed by atoms with E-state index in [2.05, 4.69) is 4.72 Å². The van der Waals surface area contributed by atoms with Crippen LogP contribution < -0.4 is 10.5 Å². The zero-order chi connectivity index (χ0) is 13.9. The number of sulfonamides is 1.